The molecule has 1 nitrogen and oxygen atoms in total. The van der Waals surface area contributed by atoms with Crippen molar-refractivity contribution in [3.8, 4) is 0 Å². The molecular weight excluding hydrogens is 401 g/mol. The van der Waals surface area contributed by atoms with Gasteiger partial charge in [0.05, 0.1) is 5.69 Å². The number of hydrogen-bond donors (Lipinski definition) is 1. The summed E-state index contributed by atoms with van der Waals surface area (Å²) in [5.74, 6) is 0.665. The van der Waals surface area contributed by atoms with Crippen molar-refractivity contribution in [3.05, 3.63) is 62.0 Å². The van der Waals surface area contributed by atoms with E-state index in [2.05, 4.69) is 61.4 Å². The lowest BCUT2D eigenvalue weighted by Gasteiger charge is -2.37. The van der Waals surface area contributed by atoms with Crippen molar-refractivity contribution in [1.29, 1.82) is 0 Å². The van der Waals surface area contributed by atoms with Crippen LogP contribution in [0.15, 0.2) is 51.4 Å². The number of benzene rings is 2. The van der Waals surface area contributed by atoms with E-state index in [1.807, 2.05) is 18.2 Å². The topological polar surface area (TPSA) is 12.0 Å². The molecule has 3 rings (SSSR count). The maximum atomic E-state index is 6.04. The Kier molecular flexibility index (Phi) is 4.39. The molecule has 2 aromatic rings. The highest BCUT2D eigenvalue weighted by Gasteiger charge is 2.30. The van der Waals surface area contributed by atoms with Crippen LogP contribution in [-0.2, 0) is 0 Å². The van der Waals surface area contributed by atoms with Gasteiger partial charge in [0.15, 0.2) is 0 Å². The molecule has 1 aliphatic rings. The van der Waals surface area contributed by atoms with Crippen LogP contribution in [0.2, 0.25) is 5.02 Å². The van der Waals surface area contributed by atoms with Gasteiger partial charge in [0.1, 0.15) is 0 Å². The fourth-order valence-electron chi connectivity index (χ4n) is 2.57. The average molecular weight is 416 g/mol. The lowest BCUT2D eigenvalue weighted by atomic mass is 9.76. The third-order valence-electron chi connectivity index (χ3n) is 3.77. The van der Waals surface area contributed by atoms with Gasteiger partial charge < -0.3 is 5.32 Å². The fourth-order valence-corrected chi connectivity index (χ4v) is 3.37. The summed E-state index contributed by atoms with van der Waals surface area (Å²) >= 11 is 13.1. The zero-order valence-electron chi connectivity index (χ0n) is 10.7. The molecule has 1 aliphatic carbocycles. The molecule has 20 heavy (non-hydrogen) atoms. The second-order valence-electron chi connectivity index (χ2n) is 5.19. The van der Waals surface area contributed by atoms with E-state index in [1.54, 1.807) is 0 Å². The largest absolute Gasteiger partial charge is 0.381 e. The Morgan fingerprint density at radius 2 is 1.70 bits per heavy atom. The van der Waals surface area contributed by atoms with Gasteiger partial charge in [-0.2, -0.15) is 0 Å². The molecular formula is C16H14Br2ClN. The first kappa shape index (κ1) is 14.4. The van der Waals surface area contributed by atoms with Gasteiger partial charge in [-0.3, -0.25) is 0 Å². The Hall–Kier alpha value is -0.510. The number of anilines is 1. The van der Waals surface area contributed by atoms with Gasteiger partial charge >= 0.3 is 0 Å². The van der Waals surface area contributed by atoms with Crippen LogP contribution < -0.4 is 5.32 Å². The van der Waals surface area contributed by atoms with Crippen LogP contribution in [-0.4, -0.2) is 6.04 Å². The number of hydrogen-bond acceptors (Lipinski definition) is 1. The first-order chi connectivity index (χ1) is 9.61. The standard InChI is InChI=1S/C16H14Br2ClN/c17-12-3-1-10(2-4-12)11-7-14(8-11)20-16-9-13(19)5-6-15(16)18/h1-6,9,11,14,20H,7-8H2. The Bertz CT molecular complexity index is 606. The molecule has 0 atom stereocenters. The van der Waals surface area contributed by atoms with Crippen LogP contribution in [0.5, 0.6) is 0 Å². The highest BCUT2D eigenvalue weighted by atomic mass is 79.9. The van der Waals surface area contributed by atoms with Crippen molar-refractivity contribution in [1.82, 2.24) is 0 Å². The predicted molar refractivity (Wildman–Crippen MR) is 92.7 cm³/mol. The first-order valence-corrected chi connectivity index (χ1v) is 8.55. The van der Waals surface area contributed by atoms with E-state index >= 15 is 0 Å². The second-order valence-corrected chi connectivity index (χ2v) is 7.39. The number of nitrogens with one attached hydrogen (secondary N) is 1. The molecule has 4 heteroatoms. The highest BCUT2D eigenvalue weighted by Crippen LogP contribution is 2.40. The van der Waals surface area contributed by atoms with Crippen LogP contribution in [0.25, 0.3) is 0 Å². The van der Waals surface area contributed by atoms with Crippen LogP contribution >= 0.6 is 43.5 Å². The lowest BCUT2D eigenvalue weighted by Crippen LogP contribution is -2.34. The Balaban J connectivity index is 1.60. The van der Waals surface area contributed by atoms with Crippen LogP contribution in [0.3, 0.4) is 0 Å². The minimum absolute atomic E-state index is 0.526. The number of rotatable bonds is 3. The zero-order chi connectivity index (χ0) is 14.1. The predicted octanol–water partition coefficient (Wildman–Crippen LogP) is 6.22. The summed E-state index contributed by atoms with van der Waals surface area (Å²) in [6.45, 7) is 0. The molecule has 0 bridgehead atoms. The molecule has 0 heterocycles. The van der Waals surface area contributed by atoms with Crippen molar-refractivity contribution < 1.29 is 0 Å². The molecule has 0 radical (unpaired) electrons. The summed E-state index contributed by atoms with van der Waals surface area (Å²) in [6, 6.07) is 15.0. The monoisotopic (exact) mass is 413 g/mol. The average Bonchev–Trinajstić information content (AvgIpc) is 2.39. The Labute approximate surface area is 141 Å². The minimum Gasteiger partial charge on any atom is -0.381 e. The van der Waals surface area contributed by atoms with Gasteiger partial charge in [-0.05, 0) is 70.6 Å². The summed E-state index contributed by atoms with van der Waals surface area (Å²) in [4.78, 5) is 0. The molecule has 0 saturated heterocycles. The SMILES string of the molecule is Clc1ccc(Br)c(NC2CC(c3ccc(Br)cc3)C2)c1. The van der Waals surface area contributed by atoms with E-state index in [9.17, 15) is 0 Å². The number of halogens is 3. The first-order valence-electron chi connectivity index (χ1n) is 6.59. The Morgan fingerprint density at radius 3 is 2.40 bits per heavy atom. The maximum Gasteiger partial charge on any atom is 0.0501 e. The molecule has 104 valence electrons. The summed E-state index contributed by atoms with van der Waals surface area (Å²) in [5, 5.41) is 4.32. The summed E-state index contributed by atoms with van der Waals surface area (Å²) < 4.78 is 2.20. The van der Waals surface area contributed by atoms with Crippen LogP contribution in [0.1, 0.15) is 24.3 Å². The van der Waals surface area contributed by atoms with E-state index in [-0.39, 0.29) is 0 Å². The summed E-state index contributed by atoms with van der Waals surface area (Å²) in [6.07, 6.45) is 2.33. The van der Waals surface area contributed by atoms with Crippen molar-refractivity contribution >= 4 is 49.1 Å². The van der Waals surface area contributed by atoms with Gasteiger partial charge in [-0.15, -0.1) is 0 Å². The summed E-state index contributed by atoms with van der Waals surface area (Å²) in [5.41, 5.74) is 2.51. The molecule has 1 saturated carbocycles. The fraction of sp³-hybridized carbons (Fsp3) is 0.250. The highest BCUT2D eigenvalue weighted by molar-refractivity contribution is 9.10. The minimum atomic E-state index is 0.526. The lowest BCUT2D eigenvalue weighted by molar-refractivity contribution is 0.374. The Morgan fingerprint density at radius 1 is 1.00 bits per heavy atom. The molecule has 1 fully saturated rings. The smallest absolute Gasteiger partial charge is 0.0501 e. The molecule has 1 N–H and O–H groups in total. The zero-order valence-corrected chi connectivity index (χ0v) is 14.7. The third kappa shape index (κ3) is 3.21. The van der Waals surface area contributed by atoms with Crippen molar-refractivity contribution in [2.45, 2.75) is 24.8 Å². The van der Waals surface area contributed by atoms with Crippen LogP contribution in [0.4, 0.5) is 5.69 Å². The summed E-state index contributed by atoms with van der Waals surface area (Å²) in [7, 11) is 0. The molecule has 0 unspecified atom stereocenters. The maximum absolute atomic E-state index is 6.04. The van der Waals surface area contributed by atoms with Gasteiger partial charge in [0, 0.05) is 20.0 Å². The van der Waals surface area contributed by atoms with E-state index in [4.69, 9.17) is 11.6 Å². The van der Waals surface area contributed by atoms with Gasteiger partial charge in [-0.1, -0.05) is 39.7 Å². The normalized spacial score (nSPS) is 21.4. The van der Waals surface area contributed by atoms with Gasteiger partial charge in [0.2, 0.25) is 0 Å². The molecule has 0 spiro atoms. The molecule has 0 aromatic heterocycles. The van der Waals surface area contributed by atoms with E-state index in [0.717, 1.165) is 19.7 Å². The van der Waals surface area contributed by atoms with Crippen molar-refractivity contribution in [2.24, 2.45) is 0 Å². The van der Waals surface area contributed by atoms with E-state index in [0.29, 0.717) is 12.0 Å². The third-order valence-corrected chi connectivity index (χ3v) is 5.22. The van der Waals surface area contributed by atoms with Gasteiger partial charge in [-0.25, -0.2) is 0 Å². The van der Waals surface area contributed by atoms with Crippen molar-refractivity contribution in [2.75, 3.05) is 5.32 Å². The second kappa shape index (κ2) is 6.08. The van der Waals surface area contributed by atoms with Crippen molar-refractivity contribution in [3.63, 3.8) is 0 Å². The quantitative estimate of drug-likeness (QED) is 0.627. The van der Waals surface area contributed by atoms with E-state index < -0.39 is 0 Å². The molecule has 2 aromatic carbocycles. The van der Waals surface area contributed by atoms with E-state index in [1.165, 1.54) is 18.4 Å². The molecule has 0 amide bonds. The van der Waals surface area contributed by atoms with Gasteiger partial charge in [0.25, 0.3) is 0 Å². The molecule has 0 aliphatic heterocycles. The van der Waals surface area contributed by atoms with Crippen LogP contribution in [0, 0.1) is 0 Å².